The molecule has 0 aliphatic heterocycles. The zero-order chi connectivity index (χ0) is 25.8. The highest BCUT2D eigenvalue weighted by atomic mass is 35.5. The summed E-state index contributed by atoms with van der Waals surface area (Å²) >= 11 is 6.57. The fourth-order valence-corrected chi connectivity index (χ4v) is 4.73. The third-order valence-electron chi connectivity index (χ3n) is 6.36. The molecule has 5 aromatic rings. The highest BCUT2D eigenvalue weighted by molar-refractivity contribution is 6.31. The minimum Gasteiger partial charge on any atom is -0.468 e. The molecule has 3 aromatic heterocycles. The molecule has 0 amide bonds. The van der Waals surface area contributed by atoms with Gasteiger partial charge in [-0.15, -0.1) is 5.10 Å². The number of rotatable bonds is 10. The van der Waals surface area contributed by atoms with E-state index in [0.29, 0.717) is 42.7 Å². The first-order valence-corrected chi connectivity index (χ1v) is 12.3. The van der Waals surface area contributed by atoms with E-state index in [0.717, 1.165) is 27.8 Å². The number of methoxy groups -OCH3 is 1. The van der Waals surface area contributed by atoms with Crippen LogP contribution in [0.5, 0.6) is 0 Å². The van der Waals surface area contributed by atoms with E-state index in [1.807, 2.05) is 67.6 Å². The van der Waals surface area contributed by atoms with Gasteiger partial charge in [0.2, 0.25) is 0 Å². The second-order valence-electron chi connectivity index (χ2n) is 8.82. The number of hydrogen-bond donors (Lipinski definition) is 1. The quantitative estimate of drug-likeness (QED) is 0.290. The van der Waals surface area contributed by atoms with Gasteiger partial charge in [-0.1, -0.05) is 48.0 Å². The van der Waals surface area contributed by atoms with E-state index < -0.39 is 6.04 Å². The molecular weight excluding hydrogens is 492 g/mol. The predicted octanol–water partition coefficient (Wildman–Crippen LogP) is 4.51. The Morgan fingerprint density at radius 1 is 1.14 bits per heavy atom. The number of nitrogens with one attached hydrogen (secondary N) is 1. The molecule has 0 saturated heterocycles. The van der Waals surface area contributed by atoms with Gasteiger partial charge in [0.25, 0.3) is 5.56 Å². The molecule has 37 heavy (non-hydrogen) atoms. The Morgan fingerprint density at radius 2 is 2.00 bits per heavy atom. The molecule has 0 bridgehead atoms. The zero-order valence-corrected chi connectivity index (χ0v) is 21.4. The van der Waals surface area contributed by atoms with Crippen LogP contribution in [-0.2, 0) is 24.4 Å². The van der Waals surface area contributed by atoms with Gasteiger partial charge in [0.15, 0.2) is 5.82 Å². The van der Waals surface area contributed by atoms with Gasteiger partial charge in [-0.2, -0.15) is 0 Å². The molecule has 2 aromatic carbocycles. The van der Waals surface area contributed by atoms with Gasteiger partial charge in [0, 0.05) is 24.2 Å². The Hall–Kier alpha value is -3.79. The molecule has 0 spiro atoms. The number of ether oxygens (including phenoxy) is 1. The van der Waals surface area contributed by atoms with Crippen LogP contribution in [0.4, 0.5) is 0 Å². The lowest BCUT2D eigenvalue weighted by Crippen LogP contribution is -2.35. The Morgan fingerprint density at radius 3 is 2.78 bits per heavy atom. The number of pyridine rings is 1. The number of halogens is 1. The van der Waals surface area contributed by atoms with Gasteiger partial charge in [-0.3, -0.25) is 9.69 Å². The minimum absolute atomic E-state index is 0.211. The Labute approximate surface area is 218 Å². The number of hydrogen-bond acceptors (Lipinski definition) is 7. The van der Waals surface area contributed by atoms with Gasteiger partial charge >= 0.3 is 0 Å². The lowest BCUT2D eigenvalue weighted by Gasteiger charge is -2.30. The third kappa shape index (κ3) is 5.34. The summed E-state index contributed by atoms with van der Waals surface area (Å²) < 4.78 is 12.7. The highest BCUT2D eigenvalue weighted by Crippen LogP contribution is 2.31. The topological polar surface area (TPSA) is 102 Å². The summed E-state index contributed by atoms with van der Waals surface area (Å²) in [6.07, 6.45) is 1.63. The van der Waals surface area contributed by atoms with E-state index in [2.05, 4.69) is 25.4 Å². The second kappa shape index (κ2) is 11.1. The summed E-state index contributed by atoms with van der Waals surface area (Å²) in [5.74, 6) is 1.26. The van der Waals surface area contributed by atoms with Crippen molar-refractivity contribution in [1.82, 2.24) is 30.1 Å². The molecule has 5 rings (SSSR count). The summed E-state index contributed by atoms with van der Waals surface area (Å²) in [4.78, 5) is 18.8. The van der Waals surface area contributed by atoms with E-state index in [-0.39, 0.29) is 5.56 Å². The van der Waals surface area contributed by atoms with Crippen LogP contribution in [-0.4, -0.2) is 43.8 Å². The summed E-state index contributed by atoms with van der Waals surface area (Å²) in [5, 5.41) is 14.1. The van der Waals surface area contributed by atoms with Gasteiger partial charge in [-0.05, 0) is 58.1 Å². The van der Waals surface area contributed by atoms with Crippen molar-refractivity contribution in [3.05, 3.63) is 111 Å². The molecular formula is C27H27ClN6O3. The average molecular weight is 519 g/mol. The monoisotopic (exact) mass is 518 g/mol. The summed E-state index contributed by atoms with van der Waals surface area (Å²) in [6, 6.07) is 18.6. The number of aromatic nitrogens is 5. The van der Waals surface area contributed by atoms with E-state index in [9.17, 15) is 4.79 Å². The number of para-hydroxylation sites is 1. The van der Waals surface area contributed by atoms with Crippen molar-refractivity contribution in [2.24, 2.45) is 0 Å². The highest BCUT2D eigenvalue weighted by Gasteiger charge is 2.31. The average Bonchev–Trinajstić information content (AvgIpc) is 3.57. The first kappa shape index (κ1) is 24.9. The second-order valence-corrected chi connectivity index (χ2v) is 9.23. The van der Waals surface area contributed by atoms with Crippen molar-refractivity contribution in [3.63, 3.8) is 0 Å². The van der Waals surface area contributed by atoms with Crippen molar-refractivity contribution in [2.75, 3.05) is 13.7 Å². The molecule has 1 N–H and O–H groups in total. The van der Waals surface area contributed by atoms with Gasteiger partial charge < -0.3 is 14.1 Å². The summed E-state index contributed by atoms with van der Waals surface area (Å²) in [5.41, 5.74) is 3.01. The van der Waals surface area contributed by atoms with Crippen molar-refractivity contribution < 1.29 is 9.15 Å². The lowest BCUT2D eigenvalue weighted by molar-refractivity contribution is 0.163. The molecule has 190 valence electrons. The Bertz CT molecular complexity index is 1550. The number of furan rings is 1. The molecule has 0 aliphatic carbocycles. The van der Waals surface area contributed by atoms with Crippen LogP contribution in [0, 0.1) is 6.92 Å². The van der Waals surface area contributed by atoms with E-state index in [1.165, 1.54) is 0 Å². The molecule has 9 nitrogen and oxygen atoms in total. The predicted molar refractivity (Wildman–Crippen MR) is 140 cm³/mol. The van der Waals surface area contributed by atoms with Crippen molar-refractivity contribution in [2.45, 2.75) is 32.6 Å². The smallest absolute Gasteiger partial charge is 0.253 e. The van der Waals surface area contributed by atoms with Crippen molar-refractivity contribution in [3.8, 4) is 0 Å². The maximum Gasteiger partial charge on any atom is 0.253 e. The van der Waals surface area contributed by atoms with Crippen LogP contribution >= 0.6 is 11.6 Å². The van der Waals surface area contributed by atoms with Crippen LogP contribution in [0.3, 0.4) is 0 Å². The van der Waals surface area contributed by atoms with Crippen molar-refractivity contribution >= 4 is 22.5 Å². The zero-order valence-electron chi connectivity index (χ0n) is 20.6. The first-order valence-electron chi connectivity index (χ1n) is 11.9. The van der Waals surface area contributed by atoms with Crippen LogP contribution in [0.25, 0.3) is 10.9 Å². The number of H-pyrrole nitrogens is 1. The van der Waals surface area contributed by atoms with Crippen LogP contribution in [0.2, 0.25) is 5.02 Å². The largest absolute Gasteiger partial charge is 0.468 e. The number of fused-ring (bicyclic) bond motifs is 1. The molecule has 10 heteroatoms. The molecule has 0 unspecified atom stereocenters. The maximum absolute atomic E-state index is 13.6. The van der Waals surface area contributed by atoms with E-state index in [4.69, 9.17) is 20.8 Å². The normalized spacial score (nSPS) is 12.4. The molecule has 0 aliphatic rings. The molecule has 3 heterocycles. The molecule has 0 radical (unpaired) electrons. The first-order chi connectivity index (χ1) is 18.0. The number of aromatic amines is 1. The fraction of sp³-hybridized carbons (Fsp3) is 0.259. The number of tetrazole rings is 1. The number of aryl methyl sites for hydroxylation is 1. The van der Waals surface area contributed by atoms with E-state index in [1.54, 1.807) is 18.1 Å². The van der Waals surface area contributed by atoms with E-state index >= 15 is 0 Å². The molecule has 0 saturated carbocycles. The summed E-state index contributed by atoms with van der Waals surface area (Å²) in [6.45, 7) is 3.64. The van der Waals surface area contributed by atoms with Crippen LogP contribution in [0.1, 0.15) is 34.3 Å². The van der Waals surface area contributed by atoms with Crippen molar-refractivity contribution in [1.29, 1.82) is 0 Å². The minimum atomic E-state index is -0.609. The third-order valence-corrected chi connectivity index (χ3v) is 6.73. The van der Waals surface area contributed by atoms with Crippen LogP contribution in [0.15, 0.2) is 76.1 Å². The Kier molecular flexibility index (Phi) is 7.45. The standard InChI is InChI=1S/C27H27ClN6O3/c1-18-7-5-9-19-15-22(27(35)29-24(18)19)25(26-30-31-32-34(26)12-14-36-2)33(17-21-10-6-13-37-21)16-20-8-3-4-11-23(20)28/h3-11,13,15,25H,12,14,16-17H2,1-2H3,(H,29,35)/t25-/m0/s1. The van der Waals surface area contributed by atoms with Gasteiger partial charge in [0.05, 0.1) is 31.5 Å². The maximum atomic E-state index is 13.6. The fourth-order valence-electron chi connectivity index (χ4n) is 4.53. The lowest BCUT2D eigenvalue weighted by atomic mass is 10.0. The Balaban J connectivity index is 1.70. The summed E-state index contributed by atoms with van der Waals surface area (Å²) in [7, 11) is 1.62. The van der Waals surface area contributed by atoms with Gasteiger partial charge in [-0.25, -0.2) is 4.68 Å². The number of nitrogens with zero attached hydrogens (tertiary/aromatic N) is 5. The van der Waals surface area contributed by atoms with Crippen LogP contribution < -0.4 is 5.56 Å². The number of benzene rings is 2. The SMILES string of the molecule is COCCn1nnnc1[C@H](c1cc2cccc(C)c2[nH]c1=O)N(Cc1ccco1)Cc1ccccc1Cl. The molecule has 0 fully saturated rings. The molecule has 1 atom stereocenters. The van der Waals surface area contributed by atoms with Gasteiger partial charge in [0.1, 0.15) is 11.8 Å².